The van der Waals surface area contributed by atoms with Crippen LogP contribution in [0.5, 0.6) is 5.75 Å². The van der Waals surface area contributed by atoms with E-state index in [9.17, 15) is 9.59 Å². The molecule has 0 unspecified atom stereocenters. The standard InChI is InChI=1S/C28H30N4O3/c1-18-16-22(27(33)29-12-15-32-13-3-4-14-32)25(30-18)17-23-26-21(6-5-7-24(26)31-28(23)34)19-8-10-20(35-2)11-9-19/h5-11,16-17,30H,3-4,12-15H2,1-2H3,(H,29,33)(H,31,34)/b23-17-. The van der Waals surface area contributed by atoms with E-state index in [2.05, 4.69) is 20.5 Å². The predicted molar refractivity (Wildman–Crippen MR) is 138 cm³/mol. The van der Waals surface area contributed by atoms with Crippen LogP contribution in [0.15, 0.2) is 48.5 Å². The van der Waals surface area contributed by atoms with Gasteiger partial charge in [-0.1, -0.05) is 24.3 Å². The number of nitrogens with one attached hydrogen (secondary N) is 3. The fourth-order valence-electron chi connectivity index (χ4n) is 4.88. The monoisotopic (exact) mass is 470 g/mol. The SMILES string of the molecule is COc1ccc(-c2cccc3c2/C(=C/c2[nH]c(C)cc2C(=O)NCCN2CCCC2)C(=O)N3)cc1. The maximum Gasteiger partial charge on any atom is 0.256 e. The number of aryl methyl sites for hydroxylation is 1. The molecule has 5 rings (SSSR count). The first-order valence-electron chi connectivity index (χ1n) is 12.0. The number of benzene rings is 2. The Kier molecular flexibility index (Phi) is 6.42. The van der Waals surface area contributed by atoms with Gasteiger partial charge in [-0.2, -0.15) is 0 Å². The number of carbonyl (C=O) groups is 2. The molecule has 1 aromatic heterocycles. The number of hydrogen-bond donors (Lipinski definition) is 3. The molecule has 2 aliphatic rings. The Morgan fingerprint density at radius 3 is 2.66 bits per heavy atom. The van der Waals surface area contributed by atoms with Crippen LogP contribution in [0.3, 0.4) is 0 Å². The van der Waals surface area contributed by atoms with E-state index in [-0.39, 0.29) is 11.8 Å². The minimum atomic E-state index is -0.186. The van der Waals surface area contributed by atoms with E-state index in [4.69, 9.17) is 4.74 Å². The molecule has 3 N–H and O–H groups in total. The summed E-state index contributed by atoms with van der Waals surface area (Å²) in [5.41, 5.74) is 6.07. The van der Waals surface area contributed by atoms with Crippen molar-refractivity contribution in [3.63, 3.8) is 0 Å². The first-order chi connectivity index (χ1) is 17.0. The number of amides is 2. The molecule has 0 radical (unpaired) electrons. The number of methoxy groups -OCH3 is 1. The summed E-state index contributed by atoms with van der Waals surface area (Å²) >= 11 is 0. The summed E-state index contributed by atoms with van der Waals surface area (Å²) in [4.78, 5) is 31.7. The van der Waals surface area contributed by atoms with E-state index < -0.39 is 0 Å². The van der Waals surface area contributed by atoms with Crippen molar-refractivity contribution in [3.05, 3.63) is 71.0 Å². The number of anilines is 1. The molecule has 3 heterocycles. The number of ether oxygens (including phenoxy) is 1. The third kappa shape index (κ3) is 4.72. The van der Waals surface area contributed by atoms with Crippen LogP contribution in [0.25, 0.3) is 22.8 Å². The maximum atomic E-state index is 13.0. The van der Waals surface area contributed by atoms with Gasteiger partial charge in [0.15, 0.2) is 0 Å². The van der Waals surface area contributed by atoms with Gasteiger partial charge in [0.2, 0.25) is 0 Å². The van der Waals surface area contributed by atoms with Crippen LogP contribution in [-0.2, 0) is 4.79 Å². The first-order valence-corrected chi connectivity index (χ1v) is 12.0. The molecule has 2 amide bonds. The molecule has 0 bridgehead atoms. The minimum Gasteiger partial charge on any atom is -0.497 e. The minimum absolute atomic E-state index is 0.137. The number of rotatable bonds is 7. The summed E-state index contributed by atoms with van der Waals surface area (Å²) < 4.78 is 5.29. The van der Waals surface area contributed by atoms with Crippen LogP contribution in [0.4, 0.5) is 5.69 Å². The summed E-state index contributed by atoms with van der Waals surface area (Å²) in [7, 11) is 1.64. The zero-order chi connectivity index (χ0) is 24.4. The summed E-state index contributed by atoms with van der Waals surface area (Å²) in [5.74, 6) is 0.449. The summed E-state index contributed by atoms with van der Waals surface area (Å²) in [6, 6.07) is 15.4. The average Bonchev–Trinajstić information content (AvgIpc) is 3.59. The van der Waals surface area contributed by atoms with Gasteiger partial charge in [-0.15, -0.1) is 0 Å². The summed E-state index contributed by atoms with van der Waals surface area (Å²) in [6.07, 6.45) is 4.24. The molecule has 2 aromatic carbocycles. The normalized spacial score (nSPS) is 16.4. The molecule has 1 fully saturated rings. The van der Waals surface area contributed by atoms with Crippen LogP contribution >= 0.6 is 0 Å². The predicted octanol–water partition coefficient (Wildman–Crippen LogP) is 4.32. The second-order valence-corrected chi connectivity index (χ2v) is 9.05. The highest BCUT2D eigenvalue weighted by atomic mass is 16.5. The Morgan fingerprint density at radius 1 is 1.14 bits per heavy atom. The van der Waals surface area contributed by atoms with E-state index in [1.165, 1.54) is 12.8 Å². The van der Waals surface area contributed by atoms with E-state index >= 15 is 0 Å². The van der Waals surface area contributed by atoms with Crippen LogP contribution in [-0.4, -0.2) is 55.0 Å². The molecule has 0 saturated carbocycles. The van der Waals surface area contributed by atoms with Crippen molar-refractivity contribution >= 4 is 29.2 Å². The summed E-state index contributed by atoms with van der Waals surface area (Å²) in [5, 5.41) is 6.01. The van der Waals surface area contributed by atoms with Crippen LogP contribution < -0.4 is 15.4 Å². The highest BCUT2D eigenvalue weighted by Gasteiger charge is 2.28. The van der Waals surface area contributed by atoms with Gasteiger partial charge in [0.05, 0.1) is 23.9 Å². The lowest BCUT2D eigenvalue weighted by Gasteiger charge is -2.14. The molecule has 7 nitrogen and oxygen atoms in total. The molecule has 0 spiro atoms. The fourth-order valence-corrected chi connectivity index (χ4v) is 4.88. The summed E-state index contributed by atoms with van der Waals surface area (Å²) in [6.45, 7) is 5.56. The highest BCUT2D eigenvalue weighted by Crippen LogP contribution is 2.40. The van der Waals surface area contributed by atoms with Crippen molar-refractivity contribution in [2.75, 3.05) is 38.6 Å². The van der Waals surface area contributed by atoms with Crippen LogP contribution in [0.1, 0.15) is 40.2 Å². The molecule has 0 aliphatic carbocycles. The van der Waals surface area contributed by atoms with Gasteiger partial charge in [0.1, 0.15) is 5.75 Å². The Balaban J connectivity index is 1.45. The van der Waals surface area contributed by atoms with Gasteiger partial charge in [-0.05, 0) is 74.3 Å². The third-order valence-corrected chi connectivity index (χ3v) is 6.66. The molecule has 7 heteroatoms. The average molecular weight is 471 g/mol. The molecular weight excluding hydrogens is 440 g/mol. The van der Waals surface area contributed by atoms with E-state index in [0.717, 1.165) is 53.5 Å². The molecule has 180 valence electrons. The van der Waals surface area contributed by atoms with E-state index in [1.807, 2.05) is 55.5 Å². The number of nitrogens with zero attached hydrogens (tertiary/aromatic N) is 1. The maximum absolute atomic E-state index is 13.0. The lowest BCUT2D eigenvalue weighted by molar-refractivity contribution is -0.110. The number of carbonyl (C=O) groups excluding carboxylic acids is 2. The molecule has 2 aliphatic heterocycles. The van der Waals surface area contributed by atoms with Gasteiger partial charge >= 0.3 is 0 Å². The van der Waals surface area contributed by atoms with Gasteiger partial charge < -0.3 is 25.3 Å². The lowest BCUT2D eigenvalue weighted by Crippen LogP contribution is -2.33. The Labute approximate surface area is 205 Å². The van der Waals surface area contributed by atoms with Crippen molar-refractivity contribution in [1.29, 1.82) is 0 Å². The van der Waals surface area contributed by atoms with Crippen molar-refractivity contribution < 1.29 is 14.3 Å². The van der Waals surface area contributed by atoms with Crippen molar-refractivity contribution in [2.24, 2.45) is 0 Å². The zero-order valence-electron chi connectivity index (χ0n) is 20.1. The third-order valence-electron chi connectivity index (χ3n) is 6.66. The zero-order valence-corrected chi connectivity index (χ0v) is 20.1. The Bertz CT molecular complexity index is 1280. The lowest BCUT2D eigenvalue weighted by atomic mass is 9.94. The smallest absolute Gasteiger partial charge is 0.256 e. The van der Waals surface area contributed by atoms with Crippen molar-refractivity contribution in [2.45, 2.75) is 19.8 Å². The first kappa shape index (κ1) is 22.9. The Morgan fingerprint density at radius 2 is 1.91 bits per heavy atom. The fraction of sp³-hybridized carbons (Fsp3) is 0.286. The van der Waals surface area contributed by atoms with Gasteiger partial charge in [-0.25, -0.2) is 0 Å². The van der Waals surface area contributed by atoms with E-state index in [1.54, 1.807) is 13.2 Å². The highest BCUT2D eigenvalue weighted by molar-refractivity contribution is 6.36. The van der Waals surface area contributed by atoms with Gasteiger partial charge in [0, 0.05) is 30.0 Å². The van der Waals surface area contributed by atoms with Gasteiger partial charge in [0.25, 0.3) is 11.8 Å². The van der Waals surface area contributed by atoms with Gasteiger partial charge in [-0.3, -0.25) is 9.59 Å². The van der Waals surface area contributed by atoms with Crippen molar-refractivity contribution in [3.8, 4) is 16.9 Å². The van der Waals surface area contributed by atoms with Crippen LogP contribution in [0, 0.1) is 6.92 Å². The number of hydrogen-bond acceptors (Lipinski definition) is 4. The molecular formula is C28H30N4O3. The van der Waals surface area contributed by atoms with Crippen LogP contribution in [0.2, 0.25) is 0 Å². The molecule has 3 aromatic rings. The molecule has 35 heavy (non-hydrogen) atoms. The number of H-pyrrole nitrogens is 1. The molecule has 0 atom stereocenters. The Hall–Kier alpha value is -3.84. The second kappa shape index (κ2) is 9.80. The quantitative estimate of drug-likeness (QED) is 0.449. The largest absolute Gasteiger partial charge is 0.497 e. The second-order valence-electron chi connectivity index (χ2n) is 9.05. The number of aromatic amines is 1. The number of aromatic nitrogens is 1. The van der Waals surface area contributed by atoms with E-state index in [0.29, 0.717) is 23.4 Å². The number of likely N-dealkylation sites (tertiary alicyclic amines) is 1. The van der Waals surface area contributed by atoms with Crippen molar-refractivity contribution in [1.82, 2.24) is 15.2 Å². The molecule has 1 saturated heterocycles. The number of fused-ring (bicyclic) bond motifs is 1. The topological polar surface area (TPSA) is 86.5 Å².